The molecule has 0 nitrogen and oxygen atoms in total. The highest BCUT2D eigenvalue weighted by Gasteiger charge is 2.68. The summed E-state index contributed by atoms with van der Waals surface area (Å²) in [7, 11) is 0. The minimum absolute atomic E-state index is 0.943. The molecule has 3 rings (SSSR count). The molecular weight excluding hydrogens is 132 g/mol. The van der Waals surface area contributed by atoms with Crippen molar-refractivity contribution in [2.24, 2.45) is 35.5 Å². The molecular formula is C11H18. The van der Waals surface area contributed by atoms with Gasteiger partial charge in [-0.15, -0.1) is 0 Å². The van der Waals surface area contributed by atoms with Crippen LogP contribution >= 0.6 is 0 Å². The van der Waals surface area contributed by atoms with Crippen molar-refractivity contribution in [1.82, 2.24) is 0 Å². The summed E-state index contributed by atoms with van der Waals surface area (Å²) in [6.07, 6.45) is 4.73. The number of hydrogen-bond acceptors (Lipinski definition) is 0. The molecule has 5 atom stereocenters. The molecule has 0 aromatic rings. The maximum atomic E-state index is 2.37. The van der Waals surface area contributed by atoms with E-state index in [4.69, 9.17) is 0 Å². The Morgan fingerprint density at radius 3 is 2.45 bits per heavy atom. The first-order valence-electron chi connectivity index (χ1n) is 5.27. The Labute approximate surface area is 69.4 Å². The highest BCUT2D eigenvalue weighted by Crippen LogP contribution is 2.74. The summed E-state index contributed by atoms with van der Waals surface area (Å²) in [6.45, 7) is 4.74. The van der Waals surface area contributed by atoms with Crippen LogP contribution in [0.1, 0.15) is 33.1 Å². The fourth-order valence-electron chi connectivity index (χ4n) is 3.83. The van der Waals surface area contributed by atoms with E-state index in [1.807, 2.05) is 0 Å². The topological polar surface area (TPSA) is 0 Å². The highest BCUT2D eigenvalue weighted by atomic mass is 14.7. The Kier molecular flexibility index (Phi) is 1.09. The van der Waals surface area contributed by atoms with Gasteiger partial charge in [-0.25, -0.2) is 0 Å². The van der Waals surface area contributed by atoms with Crippen molar-refractivity contribution in [3.63, 3.8) is 0 Å². The minimum Gasteiger partial charge on any atom is -0.0628 e. The van der Waals surface area contributed by atoms with Gasteiger partial charge in [0.15, 0.2) is 0 Å². The van der Waals surface area contributed by atoms with Gasteiger partial charge in [-0.1, -0.05) is 13.8 Å². The monoisotopic (exact) mass is 150 g/mol. The van der Waals surface area contributed by atoms with Crippen molar-refractivity contribution >= 4 is 0 Å². The summed E-state index contributed by atoms with van der Waals surface area (Å²) < 4.78 is 0. The molecule has 0 N–H and O–H groups in total. The molecule has 0 bridgehead atoms. The third-order valence-electron chi connectivity index (χ3n) is 4.32. The van der Waals surface area contributed by atoms with E-state index in [0.717, 1.165) is 11.8 Å². The zero-order chi connectivity index (χ0) is 7.59. The average molecular weight is 150 g/mol. The van der Waals surface area contributed by atoms with Gasteiger partial charge in [0.05, 0.1) is 0 Å². The lowest BCUT2D eigenvalue weighted by atomic mass is 9.52. The standard InChI is InChI=1S/C11H18/c1-6(2)3-7-4-9-8-5-10(8)11(7)9/h6-11H,3-5H2,1-2H3. The molecule has 0 spiro atoms. The van der Waals surface area contributed by atoms with Crippen LogP contribution in [0.2, 0.25) is 0 Å². The molecule has 0 amide bonds. The van der Waals surface area contributed by atoms with E-state index in [0.29, 0.717) is 0 Å². The SMILES string of the molecule is CC(C)CC1CC2C3CC3C12. The molecule has 0 saturated heterocycles. The molecule has 0 radical (unpaired) electrons. The molecule has 11 heavy (non-hydrogen) atoms. The molecule has 3 aliphatic rings. The van der Waals surface area contributed by atoms with Gasteiger partial charge in [-0.05, 0) is 54.8 Å². The molecule has 62 valence electrons. The van der Waals surface area contributed by atoms with Gasteiger partial charge in [0.1, 0.15) is 0 Å². The Hall–Kier alpha value is 0. The Balaban J connectivity index is 1.59. The fourth-order valence-corrected chi connectivity index (χ4v) is 3.83. The third kappa shape index (κ3) is 0.711. The number of rotatable bonds is 2. The highest BCUT2D eigenvalue weighted by molar-refractivity contribution is 5.16. The molecule has 0 aromatic heterocycles. The van der Waals surface area contributed by atoms with Gasteiger partial charge in [-0.2, -0.15) is 0 Å². The summed E-state index contributed by atoms with van der Waals surface area (Å²) >= 11 is 0. The van der Waals surface area contributed by atoms with Crippen molar-refractivity contribution in [1.29, 1.82) is 0 Å². The van der Waals surface area contributed by atoms with E-state index in [-0.39, 0.29) is 0 Å². The lowest BCUT2D eigenvalue weighted by molar-refractivity contribution is -0.0489. The third-order valence-corrected chi connectivity index (χ3v) is 4.32. The smallest absolute Gasteiger partial charge is 0.0323 e. The Bertz CT molecular complexity index is 182. The van der Waals surface area contributed by atoms with E-state index in [1.165, 1.54) is 30.1 Å². The minimum atomic E-state index is 0.943. The number of hydrogen-bond donors (Lipinski definition) is 0. The van der Waals surface area contributed by atoms with E-state index in [2.05, 4.69) is 13.8 Å². The van der Waals surface area contributed by atoms with E-state index in [9.17, 15) is 0 Å². The maximum absolute atomic E-state index is 2.37. The van der Waals surface area contributed by atoms with E-state index in [1.54, 1.807) is 12.8 Å². The van der Waals surface area contributed by atoms with Crippen LogP contribution in [0.3, 0.4) is 0 Å². The molecule has 0 heteroatoms. The lowest BCUT2D eigenvalue weighted by Gasteiger charge is -2.53. The van der Waals surface area contributed by atoms with Crippen LogP contribution in [-0.2, 0) is 0 Å². The summed E-state index contributed by atoms with van der Waals surface area (Å²) in [5.41, 5.74) is 0. The predicted octanol–water partition coefficient (Wildman–Crippen LogP) is 2.93. The van der Waals surface area contributed by atoms with Crippen LogP contribution in [0.5, 0.6) is 0 Å². The quantitative estimate of drug-likeness (QED) is 0.567. The van der Waals surface area contributed by atoms with Crippen LogP contribution in [0.15, 0.2) is 0 Å². The molecule has 3 aliphatic carbocycles. The molecule has 0 heterocycles. The van der Waals surface area contributed by atoms with Gasteiger partial charge >= 0.3 is 0 Å². The van der Waals surface area contributed by atoms with Gasteiger partial charge in [0.2, 0.25) is 0 Å². The average Bonchev–Trinajstić information content (AvgIpc) is 2.52. The summed E-state index contributed by atoms with van der Waals surface area (Å²) in [4.78, 5) is 0. The van der Waals surface area contributed by atoms with Crippen molar-refractivity contribution in [3.05, 3.63) is 0 Å². The van der Waals surface area contributed by atoms with Crippen molar-refractivity contribution in [3.8, 4) is 0 Å². The predicted molar refractivity (Wildman–Crippen MR) is 46.1 cm³/mol. The molecule has 3 saturated carbocycles. The maximum Gasteiger partial charge on any atom is -0.0323 e. The first kappa shape index (κ1) is 6.51. The summed E-state index contributed by atoms with van der Waals surface area (Å²) in [5, 5.41) is 0. The first-order chi connectivity index (χ1) is 5.27. The van der Waals surface area contributed by atoms with Crippen LogP contribution in [0.4, 0.5) is 0 Å². The van der Waals surface area contributed by atoms with Crippen LogP contribution in [0, 0.1) is 35.5 Å². The number of fused-ring (bicyclic) bond motifs is 4. The summed E-state index contributed by atoms with van der Waals surface area (Å²) in [6, 6.07) is 0. The lowest BCUT2D eigenvalue weighted by Crippen LogP contribution is -2.47. The summed E-state index contributed by atoms with van der Waals surface area (Å²) in [5.74, 6) is 7.02. The van der Waals surface area contributed by atoms with Crippen LogP contribution in [-0.4, -0.2) is 0 Å². The van der Waals surface area contributed by atoms with Gasteiger partial charge in [-0.3, -0.25) is 0 Å². The fraction of sp³-hybridized carbons (Fsp3) is 1.00. The molecule has 3 fully saturated rings. The molecule has 5 unspecified atom stereocenters. The second kappa shape index (κ2) is 1.84. The first-order valence-corrected chi connectivity index (χ1v) is 5.27. The largest absolute Gasteiger partial charge is 0.0628 e. The van der Waals surface area contributed by atoms with Gasteiger partial charge in [0, 0.05) is 0 Å². The van der Waals surface area contributed by atoms with Crippen LogP contribution < -0.4 is 0 Å². The Morgan fingerprint density at radius 2 is 1.82 bits per heavy atom. The second-order valence-electron chi connectivity index (χ2n) is 5.43. The zero-order valence-corrected chi connectivity index (χ0v) is 7.59. The molecule has 0 aromatic carbocycles. The molecule has 0 aliphatic heterocycles. The van der Waals surface area contributed by atoms with Crippen molar-refractivity contribution in [2.45, 2.75) is 33.1 Å². The van der Waals surface area contributed by atoms with Crippen molar-refractivity contribution < 1.29 is 0 Å². The Morgan fingerprint density at radius 1 is 1.09 bits per heavy atom. The van der Waals surface area contributed by atoms with Gasteiger partial charge < -0.3 is 0 Å². The van der Waals surface area contributed by atoms with Crippen LogP contribution in [0.25, 0.3) is 0 Å². The second-order valence-corrected chi connectivity index (χ2v) is 5.43. The van der Waals surface area contributed by atoms with E-state index >= 15 is 0 Å². The van der Waals surface area contributed by atoms with Gasteiger partial charge in [0.25, 0.3) is 0 Å². The van der Waals surface area contributed by atoms with Crippen molar-refractivity contribution in [2.75, 3.05) is 0 Å². The van der Waals surface area contributed by atoms with E-state index < -0.39 is 0 Å². The normalized spacial score (nSPS) is 57.5. The zero-order valence-electron chi connectivity index (χ0n) is 7.59.